The lowest BCUT2D eigenvalue weighted by atomic mass is 10.1. The van der Waals surface area contributed by atoms with Crippen molar-refractivity contribution in [1.82, 2.24) is 10.2 Å². The van der Waals surface area contributed by atoms with Crippen LogP contribution in [0.1, 0.15) is 42.4 Å². The van der Waals surface area contributed by atoms with Gasteiger partial charge in [-0.3, -0.25) is 14.4 Å². The monoisotopic (exact) mass is 522 g/mol. The first-order chi connectivity index (χ1) is 19.0. The molecule has 5 rings (SSSR count). The molecule has 2 aliphatic heterocycles. The van der Waals surface area contributed by atoms with E-state index in [1.54, 1.807) is 4.90 Å². The van der Waals surface area contributed by atoms with Crippen molar-refractivity contribution in [2.75, 3.05) is 23.7 Å². The van der Waals surface area contributed by atoms with Crippen LogP contribution in [0.25, 0.3) is 12.2 Å². The zero-order valence-electron chi connectivity index (χ0n) is 21.9. The van der Waals surface area contributed by atoms with Gasteiger partial charge in [0.1, 0.15) is 6.04 Å². The van der Waals surface area contributed by atoms with E-state index < -0.39 is 6.04 Å². The Morgan fingerprint density at radius 1 is 0.769 bits per heavy atom. The van der Waals surface area contributed by atoms with Gasteiger partial charge in [0.2, 0.25) is 17.7 Å². The summed E-state index contributed by atoms with van der Waals surface area (Å²) in [5.41, 5.74) is 4.46. The normalized spacial score (nSPS) is 18.8. The molecule has 0 aromatic heterocycles. The Morgan fingerprint density at radius 2 is 1.38 bits per heavy atom. The Bertz CT molecular complexity index is 1310. The SMILES string of the molecule is O=C(Nc1ccc(/C=C/c2ccc(NC(=O)[C@@H]3CCCN3C(=O)Cc3ccccc3)cc2)cc1)[C@@H]1CCCN1. The van der Waals surface area contributed by atoms with E-state index in [-0.39, 0.29) is 23.8 Å². The number of benzene rings is 3. The van der Waals surface area contributed by atoms with Crippen LogP contribution in [0.3, 0.4) is 0 Å². The molecule has 200 valence electrons. The van der Waals surface area contributed by atoms with Gasteiger partial charge in [-0.05, 0) is 73.2 Å². The van der Waals surface area contributed by atoms with E-state index in [1.165, 1.54) is 0 Å². The highest BCUT2D eigenvalue weighted by Crippen LogP contribution is 2.21. The van der Waals surface area contributed by atoms with E-state index in [4.69, 9.17) is 0 Å². The van der Waals surface area contributed by atoms with Gasteiger partial charge in [0.05, 0.1) is 12.5 Å². The summed E-state index contributed by atoms with van der Waals surface area (Å²) in [5.74, 6) is -0.143. The van der Waals surface area contributed by atoms with Crippen LogP contribution in [0, 0.1) is 0 Å². The van der Waals surface area contributed by atoms with E-state index in [1.807, 2.05) is 91.0 Å². The molecule has 3 aromatic rings. The van der Waals surface area contributed by atoms with Crippen molar-refractivity contribution >= 4 is 41.2 Å². The number of hydrogen-bond donors (Lipinski definition) is 3. The average Bonchev–Trinajstić information content (AvgIpc) is 3.67. The van der Waals surface area contributed by atoms with Crippen LogP contribution in [0.2, 0.25) is 0 Å². The number of likely N-dealkylation sites (tertiary alicyclic amines) is 1. The molecule has 2 heterocycles. The summed E-state index contributed by atoms with van der Waals surface area (Å²) in [6.45, 7) is 1.50. The molecule has 0 radical (unpaired) electrons. The van der Waals surface area contributed by atoms with Crippen LogP contribution in [0.4, 0.5) is 11.4 Å². The van der Waals surface area contributed by atoms with Crippen LogP contribution in [-0.4, -0.2) is 47.8 Å². The van der Waals surface area contributed by atoms with Crippen molar-refractivity contribution in [1.29, 1.82) is 0 Å². The number of carbonyl (C=O) groups excluding carboxylic acids is 3. The number of carbonyl (C=O) groups is 3. The molecule has 0 bridgehead atoms. The maximum absolute atomic E-state index is 13.0. The predicted octanol–water partition coefficient (Wildman–Crippen LogP) is 4.72. The molecular formula is C32H34N4O3. The number of anilines is 2. The molecular weight excluding hydrogens is 488 g/mol. The lowest BCUT2D eigenvalue weighted by Crippen LogP contribution is -2.43. The Labute approximate surface area is 229 Å². The zero-order chi connectivity index (χ0) is 27.0. The average molecular weight is 523 g/mol. The van der Waals surface area contributed by atoms with Gasteiger partial charge in [0.25, 0.3) is 0 Å². The molecule has 39 heavy (non-hydrogen) atoms. The maximum atomic E-state index is 13.0. The van der Waals surface area contributed by atoms with Crippen molar-refractivity contribution < 1.29 is 14.4 Å². The zero-order valence-corrected chi connectivity index (χ0v) is 21.9. The number of hydrogen-bond acceptors (Lipinski definition) is 4. The summed E-state index contributed by atoms with van der Waals surface area (Å²) in [7, 11) is 0. The Kier molecular flexibility index (Phi) is 8.48. The summed E-state index contributed by atoms with van der Waals surface area (Å²) in [6, 6.07) is 24.5. The van der Waals surface area contributed by atoms with Gasteiger partial charge in [-0.2, -0.15) is 0 Å². The highest BCUT2D eigenvalue weighted by molar-refractivity contribution is 5.98. The van der Waals surface area contributed by atoms with Crippen LogP contribution >= 0.6 is 0 Å². The molecule has 7 heteroatoms. The molecule has 7 nitrogen and oxygen atoms in total. The minimum atomic E-state index is -0.442. The van der Waals surface area contributed by atoms with Gasteiger partial charge in [0.15, 0.2) is 0 Å². The fourth-order valence-corrected chi connectivity index (χ4v) is 5.12. The summed E-state index contributed by atoms with van der Waals surface area (Å²) in [4.78, 5) is 39.8. The van der Waals surface area contributed by atoms with Crippen molar-refractivity contribution in [3.05, 3.63) is 95.6 Å². The van der Waals surface area contributed by atoms with Gasteiger partial charge in [-0.1, -0.05) is 66.7 Å². The van der Waals surface area contributed by atoms with Gasteiger partial charge >= 0.3 is 0 Å². The number of nitrogens with one attached hydrogen (secondary N) is 3. The predicted molar refractivity (Wildman–Crippen MR) is 155 cm³/mol. The minimum Gasteiger partial charge on any atom is -0.330 e. The third-order valence-corrected chi connectivity index (χ3v) is 7.28. The van der Waals surface area contributed by atoms with Crippen molar-refractivity contribution in [2.24, 2.45) is 0 Å². The van der Waals surface area contributed by atoms with Crippen molar-refractivity contribution in [2.45, 2.75) is 44.2 Å². The summed E-state index contributed by atoms with van der Waals surface area (Å²) < 4.78 is 0. The minimum absolute atomic E-state index is 0.0134. The van der Waals surface area contributed by atoms with E-state index in [0.29, 0.717) is 25.1 Å². The third-order valence-electron chi connectivity index (χ3n) is 7.28. The van der Waals surface area contributed by atoms with Gasteiger partial charge in [-0.25, -0.2) is 0 Å². The third kappa shape index (κ3) is 7.00. The number of amides is 3. The van der Waals surface area contributed by atoms with Crippen LogP contribution < -0.4 is 16.0 Å². The number of nitrogens with zero attached hydrogens (tertiary/aromatic N) is 1. The van der Waals surface area contributed by atoms with Crippen LogP contribution in [0.15, 0.2) is 78.9 Å². The largest absolute Gasteiger partial charge is 0.330 e. The summed E-state index contributed by atoms with van der Waals surface area (Å²) in [6.07, 6.45) is 7.73. The molecule has 0 aliphatic carbocycles. The first kappa shape index (κ1) is 26.4. The molecule has 2 atom stereocenters. The molecule has 0 unspecified atom stereocenters. The quantitative estimate of drug-likeness (QED) is 0.374. The second-order valence-corrected chi connectivity index (χ2v) is 10.1. The second-order valence-electron chi connectivity index (χ2n) is 10.1. The molecule has 2 saturated heterocycles. The topological polar surface area (TPSA) is 90.5 Å². The smallest absolute Gasteiger partial charge is 0.247 e. The van der Waals surface area contributed by atoms with Crippen LogP contribution in [-0.2, 0) is 20.8 Å². The van der Waals surface area contributed by atoms with Gasteiger partial charge < -0.3 is 20.9 Å². The molecule has 2 fully saturated rings. The van der Waals surface area contributed by atoms with Gasteiger partial charge in [0, 0.05) is 17.9 Å². The maximum Gasteiger partial charge on any atom is 0.247 e. The fraction of sp³-hybridized carbons (Fsp3) is 0.281. The molecule has 3 amide bonds. The fourth-order valence-electron chi connectivity index (χ4n) is 5.12. The van der Waals surface area contributed by atoms with Gasteiger partial charge in [-0.15, -0.1) is 0 Å². The van der Waals surface area contributed by atoms with Crippen molar-refractivity contribution in [3.8, 4) is 0 Å². The highest BCUT2D eigenvalue weighted by atomic mass is 16.2. The molecule has 0 spiro atoms. The van der Waals surface area contributed by atoms with E-state index in [0.717, 1.165) is 48.2 Å². The summed E-state index contributed by atoms with van der Waals surface area (Å²) >= 11 is 0. The lowest BCUT2D eigenvalue weighted by molar-refractivity contribution is -0.136. The standard InChI is InChI=1S/C32H34N4O3/c37-30(22-25-6-2-1-3-7-25)36-21-5-9-29(36)32(39)35-27-18-14-24(15-19-27)11-10-23-12-16-26(17-13-23)34-31(38)28-8-4-20-33-28/h1-3,6-7,10-19,28-29,33H,4-5,8-9,20-22H2,(H,34,38)(H,35,39)/b11-10+/t28-,29-/m0/s1. The highest BCUT2D eigenvalue weighted by Gasteiger charge is 2.33. The first-order valence-electron chi connectivity index (χ1n) is 13.6. The Balaban J connectivity index is 1.12. The van der Waals surface area contributed by atoms with Crippen LogP contribution in [0.5, 0.6) is 0 Å². The number of rotatable bonds is 8. The summed E-state index contributed by atoms with van der Waals surface area (Å²) in [5, 5.41) is 9.15. The van der Waals surface area contributed by atoms with E-state index >= 15 is 0 Å². The molecule has 3 aromatic carbocycles. The molecule has 3 N–H and O–H groups in total. The molecule has 0 saturated carbocycles. The lowest BCUT2D eigenvalue weighted by Gasteiger charge is -2.24. The Hall–Kier alpha value is -4.23. The van der Waals surface area contributed by atoms with Crippen molar-refractivity contribution in [3.63, 3.8) is 0 Å². The van der Waals surface area contributed by atoms with E-state index in [2.05, 4.69) is 16.0 Å². The van der Waals surface area contributed by atoms with E-state index in [9.17, 15) is 14.4 Å². The second kappa shape index (κ2) is 12.5. The molecule has 2 aliphatic rings. The Morgan fingerprint density at radius 3 is 1.97 bits per heavy atom. The first-order valence-corrected chi connectivity index (χ1v) is 13.6.